The third-order valence-corrected chi connectivity index (χ3v) is 5.52. The monoisotopic (exact) mass is 378 g/mol. The highest BCUT2D eigenvalue weighted by Crippen LogP contribution is 2.28. The van der Waals surface area contributed by atoms with Crippen molar-refractivity contribution in [3.05, 3.63) is 70.7 Å². The minimum atomic E-state index is -0.00536. The van der Waals surface area contributed by atoms with E-state index >= 15 is 0 Å². The van der Waals surface area contributed by atoms with Gasteiger partial charge in [0.1, 0.15) is 5.76 Å². The van der Waals surface area contributed by atoms with E-state index in [1.54, 1.807) is 0 Å². The standard InChI is InChI=1S/C22H26N4O2/c1-3-19-15(2)20(25-24-19)22(27)26-11-7-10-17(14-26)21-23-13-18(28-21)12-16-8-5-4-6-9-16/h4-6,8-9,13,17H,3,7,10-12,14H2,1-2H3,(H,24,25)/t17-/m1/s1. The van der Waals surface area contributed by atoms with Gasteiger partial charge >= 0.3 is 0 Å². The summed E-state index contributed by atoms with van der Waals surface area (Å²) in [7, 11) is 0. The highest BCUT2D eigenvalue weighted by Gasteiger charge is 2.30. The Kier molecular flexibility index (Phi) is 5.28. The molecule has 1 aliphatic heterocycles. The van der Waals surface area contributed by atoms with Crippen LogP contribution in [-0.4, -0.2) is 39.1 Å². The van der Waals surface area contributed by atoms with E-state index in [9.17, 15) is 4.79 Å². The maximum absolute atomic E-state index is 13.0. The molecule has 0 bridgehead atoms. The van der Waals surface area contributed by atoms with Gasteiger partial charge in [0.25, 0.3) is 5.91 Å². The van der Waals surface area contributed by atoms with Crippen molar-refractivity contribution in [1.29, 1.82) is 0 Å². The molecule has 0 aliphatic carbocycles. The first kappa shape index (κ1) is 18.5. The Morgan fingerprint density at radius 2 is 2.14 bits per heavy atom. The molecule has 1 amide bonds. The van der Waals surface area contributed by atoms with E-state index in [0.29, 0.717) is 12.2 Å². The average molecular weight is 378 g/mol. The maximum Gasteiger partial charge on any atom is 0.274 e. The summed E-state index contributed by atoms with van der Waals surface area (Å²) < 4.78 is 6.04. The molecular formula is C22H26N4O2. The van der Waals surface area contributed by atoms with Crippen LogP contribution >= 0.6 is 0 Å². The van der Waals surface area contributed by atoms with Crippen LogP contribution < -0.4 is 0 Å². The number of H-pyrrole nitrogens is 1. The Morgan fingerprint density at radius 3 is 2.89 bits per heavy atom. The second-order valence-electron chi connectivity index (χ2n) is 7.45. The normalized spacial score (nSPS) is 17.1. The third kappa shape index (κ3) is 3.72. The average Bonchev–Trinajstić information content (AvgIpc) is 3.35. The quantitative estimate of drug-likeness (QED) is 0.731. The second kappa shape index (κ2) is 8.00. The first-order chi connectivity index (χ1) is 13.7. The molecule has 1 aliphatic rings. The third-order valence-electron chi connectivity index (χ3n) is 5.52. The van der Waals surface area contributed by atoms with Crippen LogP contribution in [0.5, 0.6) is 0 Å². The fourth-order valence-electron chi connectivity index (χ4n) is 3.89. The van der Waals surface area contributed by atoms with Crippen molar-refractivity contribution in [3.63, 3.8) is 0 Å². The first-order valence-corrected chi connectivity index (χ1v) is 9.97. The minimum absolute atomic E-state index is 0.00536. The van der Waals surface area contributed by atoms with Gasteiger partial charge in [0.2, 0.25) is 0 Å². The zero-order valence-corrected chi connectivity index (χ0v) is 16.4. The zero-order chi connectivity index (χ0) is 19.5. The van der Waals surface area contributed by atoms with Crippen LogP contribution in [0, 0.1) is 6.92 Å². The lowest BCUT2D eigenvalue weighted by molar-refractivity contribution is 0.0691. The fraction of sp³-hybridized carbons (Fsp3) is 0.409. The van der Waals surface area contributed by atoms with Crippen LogP contribution in [0.4, 0.5) is 0 Å². The number of aromatic amines is 1. The molecule has 0 unspecified atom stereocenters. The van der Waals surface area contributed by atoms with E-state index in [-0.39, 0.29) is 11.8 Å². The Bertz CT molecular complexity index is 945. The van der Waals surface area contributed by atoms with E-state index in [1.165, 1.54) is 5.56 Å². The number of aromatic nitrogens is 3. The van der Waals surface area contributed by atoms with Crippen molar-refractivity contribution in [2.75, 3.05) is 13.1 Å². The van der Waals surface area contributed by atoms with Gasteiger partial charge in [-0.2, -0.15) is 5.10 Å². The number of hydrogen-bond donors (Lipinski definition) is 1. The molecule has 1 fully saturated rings. The summed E-state index contributed by atoms with van der Waals surface area (Å²) in [6.07, 6.45) is 5.31. The lowest BCUT2D eigenvalue weighted by Crippen LogP contribution is -2.39. The summed E-state index contributed by atoms with van der Waals surface area (Å²) in [5.74, 6) is 1.72. The summed E-state index contributed by atoms with van der Waals surface area (Å²) in [6, 6.07) is 10.2. The maximum atomic E-state index is 13.0. The summed E-state index contributed by atoms with van der Waals surface area (Å²) in [5.41, 5.74) is 3.71. The van der Waals surface area contributed by atoms with E-state index in [2.05, 4.69) is 34.2 Å². The largest absolute Gasteiger partial charge is 0.445 e. The Morgan fingerprint density at radius 1 is 1.32 bits per heavy atom. The molecular weight excluding hydrogens is 352 g/mol. The summed E-state index contributed by atoms with van der Waals surface area (Å²) >= 11 is 0. The SMILES string of the molecule is CCc1[nH]nc(C(=O)N2CCC[C@@H](c3ncc(Cc4ccccc4)o3)C2)c1C. The molecule has 4 rings (SSSR count). The molecule has 0 spiro atoms. The van der Waals surface area contributed by atoms with Crippen molar-refractivity contribution >= 4 is 5.91 Å². The van der Waals surface area contributed by atoms with Gasteiger partial charge < -0.3 is 9.32 Å². The molecule has 2 aromatic heterocycles. The molecule has 1 saturated heterocycles. The summed E-state index contributed by atoms with van der Waals surface area (Å²) in [4.78, 5) is 19.4. The second-order valence-corrected chi connectivity index (χ2v) is 7.45. The van der Waals surface area contributed by atoms with Gasteiger partial charge in [-0.25, -0.2) is 4.98 Å². The van der Waals surface area contributed by atoms with Gasteiger partial charge in [0, 0.05) is 30.8 Å². The number of nitrogens with zero attached hydrogens (tertiary/aromatic N) is 3. The molecule has 146 valence electrons. The molecule has 1 aromatic carbocycles. The molecule has 3 heterocycles. The van der Waals surface area contributed by atoms with Crippen molar-refractivity contribution in [2.24, 2.45) is 0 Å². The number of piperidine rings is 1. The highest BCUT2D eigenvalue weighted by atomic mass is 16.4. The Balaban J connectivity index is 1.45. The van der Waals surface area contributed by atoms with Gasteiger partial charge in [-0.1, -0.05) is 37.3 Å². The minimum Gasteiger partial charge on any atom is -0.445 e. The van der Waals surface area contributed by atoms with E-state index in [4.69, 9.17) is 4.42 Å². The Labute approximate surface area is 165 Å². The summed E-state index contributed by atoms with van der Waals surface area (Å²) in [6.45, 7) is 5.39. The molecule has 0 saturated carbocycles. The first-order valence-electron chi connectivity index (χ1n) is 9.97. The zero-order valence-electron chi connectivity index (χ0n) is 16.4. The predicted octanol–water partition coefficient (Wildman–Crippen LogP) is 3.88. The molecule has 6 nitrogen and oxygen atoms in total. The highest BCUT2D eigenvalue weighted by molar-refractivity contribution is 5.94. The van der Waals surface area contributed by atoms with Crippen LogP contribution in [0.1, 0.15) is 64.6 Å². The number of hydrogen-bond acceptors (Lipinski definition) is 4. The van der Waals surface area contributed by atoms with Crippen molar-refractivity contribution in [2.45, 2.75) is 45.4 Å². The fourth-order valence-corrected chi connectivity index (χ4v) is 3.89. The van der Waals surface area contributed by atoms with Gasteiger partial charge in [0.15, 0.2) is 11.6 Å². The van der Waals surface area contributed by atoms with Crippen LogP contribution in [0.25, 0.3) is 0 Å². The topological polar surface area (TPSA) is 75.0 Å². The van der Waals surface area contributed by atoms with Crippen LogP contribution in [0.2, 0.25) is 0 Å². The number of nitrogens with one attached hydrogen (secondary N) is 1. The van der Waals surface area contributed by atoms with E-state index < -0.39 is 0 Å². The summed E-state index contributed by atoms with van der Waals surface area (Å²) in [5, 5.41) is 7.24. The van der Waals surface area contributed by atoms with Crippen molar-refractivity contribution < 1.29 is 9.21 Å². The van der Waals surface area contributed by atoms with Gasteiger partial charge in [-0.05, 0) is 31.7 Å². The molecule has 6 heteroatoms. The number of carbonyl (C=O) groups excluding carboxylic acids is 1. The van der Waals surface area contributed by atoms with Gasteiger partial charge in [-0.3, -0.25) is 9.89 Å². The lowest BCUT2D eigenvalue weighted by Gasteiger charge is -2.31. The molecule has 1 N–H and O–H groups in total. The van der Waals surface area contributed by atoms with Gasteiger partial charge in [-0.15, -0.1) is 0 Å². The number of aryl methyl sites for hydroxylation is 1. The van der Waals surface area contributed by atoms with Crippen LogP contribution in [0.3, 0.4) is 0 Å². The van der Waals surface area contributed by atoms with Crippen molar-refractivity contribution in [1.82, 2.24) is 20.1 Å². The number of likely N-dealkylation sites (tertiary alicyclic amines) is 1. The number of carbonyl (C=O) groups is 1. The molecule has 28 heavy (non-hydrogen) atoms. The van der Waals surface area contributed by atoms with E-state index in [1.807, 2.05) is 36.2 Å². The number of amides is 1. The van der Waals surface area contributed by atoms with E-state index in [0.717, 1.165) is 55.1 Å². The Hall–Kier alpha value is -2.89. The molecule has 0 radical (unpaired) electrons. The van der Waals surface area contributed by atoms with Crippen molar-refractivity contribution in [3.8, 4) is 0 Å². The van der Waals surface area contributed by atoms with Crippen LogP contribution in [0.15, 0.2) is 40.9 Å². The smallest absolute Gasteiger partial charge is 0.274 e. The number of rotatable bonds is 5. The van der Waals surface area contributed by atoms with Crippen LogP contribution in [-0.2, 0) is 12.8 Å². The lowest BCUT2D eigenvalue weighted by atomic mass is 9.97. The number of oxazole rings is 1. The van der Waals surface area contributed by atoms with Gasteiger partial charge in [0.05, 0.1) is 12.1 Å². The number of benzene rings is 1. The predicted molar refractivity (Wildman–Crippen MR) is 106 cm³/mol. The molecule has 3 aromatic rings. The molecule has 1 atom stereocenters.